The van der Waals surface area contributed by atoms with Crippen molar-refractivity contribution < 1.29 is 17.9 Å². The Balaban J connectivity index is 1.58. The quantitative estimate of drug-likeness (QED) is 0.333. The fraction of sp³-hybridized carbons (Fsp3) is 0.500. The highest BCUT2D eigenvalue weighted by Gasteiger charge is 2.27. The summed E-state index contributed by atoms with van der Waals surface area (Å²) >= 11 is 0. The molecule has 33 heavy (non-hydrogen) atoms. The number of hydrogen-bond acceptors (Lipinski definition) is 5. The van der Waals surface area contributed by atoms with Crippen LogP contribution in [0.25, 0.3) is 0 Å². The molecule has 2 amide bonds. The highest BCUT2D eigenvalue weighted by molar-refractivity contribution is 7.89. The van der Waals surface area contributed by atoms with Crippen molar-refractivity contribution in [3.63, 3.8) is 0 Å². The van der Waals surface area contributed by atoms with Gasteiger partial charge in [0, 0.05) is 24.6 Å². The Kier molecular flexibility index (Phi) is 11.9. The first kappa shape index (κ1) is 26.8. The Morgan fingerprint density at radius 2 is 1.64 bits per heavy atom. The Hall–Kier alpha value is -2.49. The second-order valence-electron chi connectivity index (χ2n) is 8.16. The van der Waals surface area contributed by atoms with Crippen molar-refractivity contribution in [1.82, 2.24) is 10.3 Å². The number of carbonyl (C=O) groups excluding carboxylic acids is 1. The minimum Gasteiger partial charge on any atom is -0.372 e. The Labute approximate surface area is 197 Å². The monoisotopic (exact) mass is 476 g/mol. The van der Waals surface area contributed by atoms with Gasteiger partial charge in [-0.25, -0.2) is 18.4 Å². The normalized spacial score (nSPS) is 13.3. The molecule has 8 nitrogen and oxygen atoms in total. The highest BCUT2D eigenvalue weighted by atomic mass is 32.2. The summed E-state index contributed by atoms with van der Waals surface area (Å²) in [6, 6.07) is 13.0. The van der Waals surface area contributed by atoms with Crippen LogP contribution >= 0.6 is 0 Å². The molecule has 0 spiro atoms. The van der Waals surface area contributed by atoms with Gasteiger partial charge in [0.2, 0.25) is 10.0 Å². The van der Waals surface area contributed by atoms with E-state index >= 15 is 0 Å². The van der Waals surface area contributed by atoms with Crippen LogP contribution in [0.2, 0.25) is 0 Å². The van der Waals surface area contributed by atoms with Gasteiger partial charge < -0.3 is 15.4 Å². The number of nitrogens with zero attached hydrogens (tertiary/aromatic N) is 1. The number of nitrogens with two attached hydrogens (primary N) is 1. The molecule has 0 saturated carbocycles. The van der Waals surface area contributed by atoms with Gasteiger partial charge in [-0.2, -0.15) is 0 Å². The lowest BCUT2D eigenvalue weighted by molar-refractivity contribution is 0.0330. The smallest absolute Gasteiger partial charge is 0.319 e. The molecule has 2 rings (SSSR count). The Bertz CT molecular complexity index is 911. The Morgan fingerprint density at radius 3 is 2.30 bits per heavy atom. The van der Waals surface area contributed by atoms with Gasteiger partial charge >= 0.3 is 6.03 Å². The Morgan fingerprint density at radius 1 is 1.00 bits per heavy atom. The van der Waals surface area contributed by atoms with Crippen molar-refractivity contribution in [2.75, 3.05) is 11.9 Å². The molecule has 1 aromatic heterocycles. The number of nitrogens with one attached hydrogen (secondary N) is 2. The number of ether oxygens (including phenoxy) is 1. The van der Waals surface area contributed by atoms with E-state index in [4.69, 9.17) is 9.88 Å². The van der Waals surface area contributed by atoms with E-state index in [0.717, 1.165) is 44.1 Å². The first-order valence-corrected chi connectivity index (χ1v) is 13.1. The minimum absolute atomic E-state index is 0.216. The van der Waals surface area contributed by atoms with Gasteiger partial charge in [-0.3, -0.25) is 4.98 Å². The van der Waals surface area contributed by atoms with Gasteiger partial charge in [-0.1, -0.05) is 62.4 Å². The molecule has 2 aromatic rings. The molecule has 1 aromatic carbocycles. The maximum absolute atomic E-state index is 11.8. The van der Waals surface area contributed by atoms with Gasteiger partial charge in [-0.15, -0.1) is 0 Å². The van der Waals surface area contributed by atoms with E-state index in [2.05, 4.69) is 15.6 Å². The molecule has 0 aliphatic rings. The second-order valence-corrected chi connectivity index (χ2v) is 10.1. The third kappa shape index (κ3) is 11.3. The molecule has 0 radical (unpaired) electrons. The van der Waals surface area contributed by atoms with E-state index in [1.807, 2.05) is 30.3 Å². The van der Waals surface area contributed by atoms with E-state index in [1.54, 1.807) is 31.5 Å². The van der Waals surface area contributed by atoms with Gasteiger partial charge in [0.15, 0.2) is 0 Å². The summed E-state index contributed by atoms with van der Waals surface area (Å²) in [7, 11) is -3.66. The molecule has 0 bridgehead atoms. The standard InChI is InChI=1S/C24H36N4O4S/c1-20(33(25,30)31)23(32-19-21-11-7-6-8-12-21)13-9-4-2-3-5-10-16-27-24(29)28-22-14-17-26-18-15-22/h6-8,11-12,14-15,17-18,20,23H,2-5,9-10,13,16,19H2,1H3,(H2,25,30,31)(H2,26,27,28,29). The summed E-state index contributed by atoms with van der Waals surface area (Å²) in [5, 5.41) is 10.2. The summed E-state index contributed by atoms with van der Waals surface area (Å²) in [6.45, 7) is 2.61. The molecule has 0 aliphatic carbocycles. The lowest BCUT2D eigenvalue weighted by Gasteiger charge is -2.23. The number of benzene rings is 1. The summed E-state index contributed by atoms with van der Waals surface area (Å²) in [6.07, 6.45) is 9.42. The average molecular weight is 477 g/mol. The summed E-state index contributed by atoms with van der Waals surface area (Å²) in [5.41, 5.74) is 1.72. The topological polar surface area (TPSA) is 123 Å². The number of rotatable bonds is 15. The van der Waals surface area contributed by atoms with Crippen LogP contribution in [0.3, 0.4) is 0 Å². The fourth-order valence-electron chi connectivity index (χ4n) is 3.43. The summed E-state index contributed by atoms with van der Waals surface area (Å²) < 4.78 is 29.6. The highest BCUT2D eigenvalue weighted by Crippen LogP contribution is 2.18. The van der Waals surface area contributed by atoms with E-state index in [1.165, 1.54) is 0 Å². The third-order valence-corrected chi connectivity index (χ3v) is 6.83. The van der Waals surface area contributed by atoms with Crippen LogP contribution in [0, 0.1) is 0 Å². The number of anilines is 1. The van der Waals surface area contributed by atoms with E-state index in [-0.39, 0.29) is 6.03 Å². The lowest BCUT2D eigenvalue weighted by atomic mass is 10.1. The fourth-order valence-corrected chi connectivity index (χ4v) is 4.07. The molecule has 2 atom stereocenters. The largest absolute Gasteiger partial charge is 0.372 e. The SMILES string of the molecule is CC(C(CCCCCCCCNC(=O)Nc1ccncc1)OCc1ccccc1)S(N)(=O)=O. The van der Waals surface area contributed by atoms with E-state index in [0.29, 0.717) is 25.3 Å². The van der Waals surface area contributed by atoms with E-state index in [9.17, 15) is 13.2 Å². The number of primary sulfonamides is 1. The zero-order valence-corrected chi connectivity index (χ0v) is 20.1. The number of sulfonamides is 1. The predicted octanol–water partition coefficient (Wildman–Crippen LogP) is 4.20. The minimum atomic E-state index is -3.66. The van der Waals surface area contributed by atoms with Crippen molar-refractivity contribution in [2.45, 2.75) is 69.8 Å². The molecule has 182 valence electrons. The maximum Gasteiger partial charge on any atom is 0.319 e. The van der Waals surface area contributed by atoms with Crippen molar-refractivity contribution >= 4 is 21.7 Å². The zero-order chi connectivity index (χ0) is 23.9. The van der Waals surface area contributed by atoms with Gasteiger partial charge in [0.1, 0.15) is 0 Å². The molecule has 2 unspecified atom stereocenters. The lowest BCUT2D eigenvalue weighted by Crippen LogP contribution is -2.37. The number of urea groups is 1. The molecular weight excluding hydrogens is 440 g/mol. The number of hydrogen-bond donors (Lipinski definition) is 3. The number of aromatic nitrogens is 1. The molecule has 1 heterocycles. The molecule has 9 heteroatoms. The van der Waals surface area contributed by atoms with Crippen molar-refractivity contribution in [2.24, 2.45) is 5.14 Å². The van der Waals surface area contributed by atoms with Crippen molar-refractivity contribution in [3.8, 4) is 0 Å². The van der Waals surface area contributed by atoms with Crippen LogP contribution in [-0.4, -0.2) is 37.3 Å². The first-order chi connectivity index (χ1) is 15.9. The van der Waals surface area contributed by atoms with Crippen LogP contribution in [0.5, 0.6) is 0 Å². The average Bonchev–Trinajstić information content (AvgIpc) is 2.80. The zero-order valence-electron chi connectivity index (χ0n) is 19.3. The second kappa shape index (κ2) is 14.6. The van der Waals surface area contributed by atoms with Crippen LogP contribution in [0.15, 0.2) is 54.9 Å². The summed E-state index contributed by atoms with van der Waals surface area (Å²) in [4.78, 5) is 15.7. The van der Waals surface area contributed by atoms with Gasteiger partial charge in [0.25, 0.3) is 0 Å². The van der Waals surface area contributed by atoms with Crippen LogP contribution in [0.1, 0.15) is 57.4 Å². The van der Waals surface area contributed by atoms with Gasteiger partial charge in [0.05, 0.1) is 18.0 Å². The van der Waals surface area contributed by atoms with E-state index < -0.39 is 21.4 Å². The number of carbonyl (C=O) groups is 1. The third-order valence-electron chi connectivity index (χ3n) is 5.49. The van der Waals surface area contributed by atoms with Gasteiger partial charge in [-0.05, 0) is 37.5 Å². The molecule has 4 N–H and O–H groups in total. The number of unbranched alkanes of at least 4 members (excludes halogenated alkanes) is 5. The molecular formula is C24H36N4O4S. The maximum atomic E-state index is 11.8. The predicted molar refractivity (Wildman–Crippen MR) is 131 cm³/mol. The van der Waals surface area contributed by atoms with Crippen molar-refractivity contribution in [3.05, 3.63) is 60.4 Å². The molecule has 0 fully saturated rings. The van der Waals surface area contributed by atoms with Crippen LogP contribution in [0.4, 0.5) is 10.5 Å². The van der Waals surface area contributed by atoms with Crippen molar-refractivity contribution in [1.29, 1.82) is 0 Å². The number of pyridine rings is 1. The molecule has 0 aliphatic heterocycles. The van der Waals surface area contributed by atoms with Crippen LogP contribution < -0.4 is 15.8 Å². The molecule has 0 saturated heterocycles. The number of amides is 2. The van der Waals surface area contributed by atoms with Crippen LogP contribution in [-0.2, 0) is 21.4 Å². The first-order valence-electron chi connectivity index (χ1n) is 11.5. The summed E-state index contributed by atoms with van der Waals surface area (Å²) in [5.74, 6) is 0.